The number of para-hydroxylation sites is 2. The van der Waals surface area contributed by atoms with Crippen LogP contribution in [0.25, 0.3) is 0 Å². The molecule has 164 valence electrons. The number of nitrogens with one attached hydrogen (secondary N) is 1. The summed E-state index contributed by atoms with van der Waals surface area (Å²) in [5.74, 6) is 1.04. The van der Waals surface area contributed by atoms with E-state index in [2.05, 4.69) is 4.98 Å². The molecule has 2 aromatic rings. The molecule has 0 spiro atoms. The Kier molecular flexibility index (Phi) is 5.82. The van der Waals surface area contributed by atoms with E-state index < -0.39 is 6.10 Å². The highest BCUT2D eigenvalue weighted by atomic mass is 16.6. The van der Waals surface area contributed by atoms with Gasteiger partial charge in [0.05, 0.1) is 12.2 Å². The van der Waals surface area contributed by atoms with Gasteiger partial charge in [0.15, 0.2) is 23.1 Å². The Labute approximate surface area is 181 Å². The molecule has 1 aromatic heterocycles. The second-order valence-corrected chi connectivity index (χ2v) is 8.07. The third kappa shape index (κ3) is 4.20. The van der Waals surface area contributed by atoms with Crippen molar-refractivity contribution in [1.82, 2.24) is 14.8 Å². The molecule has 0 radical (unpaired) electrons. The van der Waals surface area contributed by atoms with E-state index in [0.717, 1.165) is 5.69 Å². The molecule has 2 aliphatic heterocycles. The lowest BCUT2D eigenvalue weighted by Gasteiger charge is -2.36. The molecule has 8 nitrogen and oxygen atoms in total. The number of nitrogens with zero attached hydrogens (tertiary/aromatic N) is 2. The van der Waals surface area contributed by atoms with Gasteiger partial charge in [-0.1, -0.05) is 12.1 Å². The average molecular weight is 425 g/mol. The zero-order valence-electron chi connectivity index (χ0n) is 18.1. The van der Waals surface area contributed by atoms with Crippen LogP contribution < -0.4 is 9.47 Å². The Hall–Kier alpha value is -3.13. The van der Waals surface area contributed by atoms with Crippen molar-refractivity contribution >= 4 is 17.5 Å². The van der Waals surface area contributed by atoms with Crippen LogP contribution in [0.1, 0.15) is 39.0 Å². The van der Waals surface area contributed by atoms with Crippen LogP contribution in [0.4, 0.5) is 0 Å². The van der Waals surface area contributed by atoms with Crippen molar-refractivity contribution in [3.05, 3.63) is 46.8 Å². The molecule has 0 saturated carbocycles. The van der Waals surface area contributed by atoms with Gasteiger partial charge in [0, 0.05) is 37.4 Å². The van der Waals surface area contributed by atoms with Crippen LogP contribution in [0.5, 0.6) is 11.5 Å². The van der Waals surface area contributed by atoms with Gasteiger partial charge in [0.1, 0.15) is 6.61 Å². The molecule has 1 aromatic carbocycles. The van der Waals surface area contributed by atoms with Gasteiger partial charge in [-0.15, -0.1) is 0 Å². The molecule has 0 unspecified atom stereocenters. The second kappa shape index (κ2) is 8.55. The van der Waals surface area contributed by atoms with Crippen LogP contribution in [0.3, 0.4) is 0 Å². The number of carbonyl (C=O) groups excluding carboxylic acids is 3. The van der Waals surface area contributed by atoms with Crippen molar-refractivity contribution in [3.8, 4) is 11.5 Å². The first-order valence-electron chi connectivity index (χ1n) is 10.5. The summed E-state index contributed by atoms with van der Waals surface area (Å²) in [4.78, 5) is 44.3. The lowest BCUT2D eigenvalue weighted by molar-refractivity contribution is -0.142. The highest BCUT2D eigenvalue weighted by molar-refractivity contribution is 6.04. The van der Waals surface area contributed by atoms with E-state index in [4.69, 9.17) is 9.47 Å². The van der Waals surface area contributed by atoms with E-state index in [1.807, 2.05) is 23.1 Å². The highest BCUT2D eigenvalue weighted by Gasteiger charge is 2.33. The fraction of sp³-hybridized carbons (Fsp3) is 0.435. The van der Waals surface area contributed by atoms with Gasteiger partial charge in [0.2, 0.25) is 6.10 Å². The summed E-state index contributed by atoms with van der Waals surface area (Å²) in [5, 5.41) is 0. The fourth-order valence-corrected chi connectivity index (χ4v) is 4.31. The Bertz CT molecular complexity index is 1020. The van der Waals surface area contributed by atoms with E-state index in [1.165, 1.54) is 6.92 Å². The number of aromatic nitrogens is 1. The maximum Gasteiger partial charge on any atom is 0.267 e. The number of benzene rings is 1. The summed E-state index contributed by atoms with van der Waals surface area (Å²) >= 11 is 0. The van der Waals surface area contributed by atoms with Gasteiger partial charge < -0.3 is 19.4 Å². The number of rotatable bonds is 5. The van der Waals surface area contributed by atoms with Crippen LogP contribution in [0, 0.1) is 13.8 Å². The molecule has 0 bridgehead atoms. The Balaban J connectivity index is 1.32. The van der Waals surface area contributed by atoms with Gasteiger partial charge >= 0.3 is 0 Å². The van der Waals surface area contributed by atoms with Crippen LogP contribution >= 0.6 is 0 Å². The largest absolute Gasteiger partial charge is 0.485 e. The van der Waals surface area contributed by atoms with Crippen molar-refractivity contribution < 1.29 is 23.9 Å². The lowest BCUT2D eigenvalue weighted by atomic mass is 10.1. The smallest absolute Gasteiger partial charge is 0.267 e. The van der Waals surface area contributed by atoms with Crippen LogP contribution in [0.15, 0.2) is 24.3 Å². The predicted molar refractivity (Wildman–Crippen MR) is 114 cm³/mol. The molecule has 8 heteroatoms. The summed E-state index contributed by atoms with van der Waals surface area (Å²) in [5.41, 5.74) is 2.52. The number of Topliss-reactive ketones (excluding diaryl/α,β-unsaturated/α-hetero) is 2. The van der Waals surface area contributed by atoms with Gasteiger partial charge in [-0.25, -0.2) is 0 Å². The third-order valence-electron chi connectivity index (χ3n) is 5.90. The quantitative estimate of drug-likeness (QED) is 0.737. The number of ether oxygens (including phenoxy) is 2. The maximum absolute atomic E-state index is 12.9. The molecule has 0 aliphatic carbocycles. The van der Waals surface area contributed by atoms with Crippen molar-refractivity contribution in [2.75, 3.05) is 39.3 Å². The summed E-state index contributed by atoms with van der Waals surface area (Å²) in [6.07, 6.45) is -0.655. The minimum atomic E-state index is -0.655. The van der Waals surface area contributed by atoms with E-state index >= 15 is 0 Å². The summed E-state index contributed by atoms with van der Waals surface area (Å²) in [6.45, 7) is 7.79. The number of hydrogen-bond acceptors (Lipinski definition) is 6. The fourth-order valence-electron chi connectivity index (χ4n) is 4.31. The Morgan fingerprint density at radius 2 is 1.74 bits per heavy atom. The van der Waals surface area contributed by atoms with Gasteiger partial charge in [-0.05, 0) is 38.5 Å². The summed E-state index contributed by atoms with van der Waals surface area (Å²) in [7, 11) is 0. The zero-order chi connectivity index (χ0) is 22.1. The highest BCUT2D eigenvalue weighted by Crippen LogP contribution is 2.31. The summed E-state index contributed by atoms with van der Waals surface area (Å²) < 4.78 is 11.5. The third-order valence-corrected chi connectivity index (χ3v) is 5.90. The molecule has 3 heterocycles. The number of aromatic amines is 1. The van der Waals surface area contributed by atoms with E-state index in [0.29, 0.717) is 54.5 Å². The Morgan fingerprint density at radius 3 is 2.39 bits per heavy atom. The number of hydrogen-bond donors (Lipinski definition) is 1. The number of ketones is 2. The number of fused-ring (bicyclic) bond motifs is 1. The minimum Gasteiger partial charge on any atom is -0.485 e. The van der Waals surface area contributed by atoms with E-state index in [1.54, 1.807) is 24.8 Å². The average Bonchev–Trinajstić information content (AvgIpc) is 3.07. The van der Waals surface area contributed by atoms with Gasteiger partial charge in [0.25, 0.3) is 5.91 Å². The molecule has 1 saturated heterocycles. The van der Waals surface area contributed by atoms with Crippen molar-refractivity contribution in [1.29, 1.82) is 0 Å². The first kappa shape index (κ1) is 21.1. The van der Waals surface area contributed by atoms with Crippen molar-refractivity contribution in [2.24, 2.45) is 0 Å². The van der Waals surface area contributed by atoms with Crippen molar-refractivity contribution in [2.45, 2.75) is 26.9 Å². The Morgan fingerprint density at radius 1 is 1.06 bits per heavy atom. The molecule has 31 heavy (non-hydrogen) atoms. The topological polar surface area (TPSA) is 91.9 Å². The maximum atomic E-state index is 12.9. The molecule has 1 fully saturated rings. The van der Waals surface area contributed by atoms with E-state index in [9.17, 15) is 14.4 Å². The molecule has 2 aliphatic rings. The molecule has 1 atom stereocenters. The van der Waals surface area contributed by atoms with Gasteiger partial charge in [-0.2, -0.15) is 0 Å². The number of H-pyrrole nitrogens is 1. The second-order valence-electron chi connectivity index (χ2n) is 8.07. The zero-order valence-corrected chi connectivity index (χ0v) is 18.1. The van der Waals surface area contributed by atoms with Crippen LogP contribution in [-0.2, 0) is 4.79 Å². The van der Waals surface area contributed by atoms with Crippen LogP contribution in [-0.4, -0.2) is 77.7 Å². The molecule has 1 N–H and O–H groups in total. The minimum absolute atomic E-state index is 0.0473. The molecular weight excluding hydrogens is 398 g/mol. The predicted octanol–water partition coefficient (Wildman–Crippen LogP) is 2.00. The van der Waals surface area contributed by atoms with Crippen LogP contribution in [0.2, 0.25) is 0 Å². The molecule has 4 rings (SSSR count). The first-order valence-corrected chi connectivity index (χ1v) is 10.5. The number of amides is 1. The van der Waals surface area contributed by atoms with E-state index in [-0.39, 0.29) is 30.6 Å². The molecule has 1 amide bonds. The van der Waals surface area contributed by atoms with Gasteiger partial charge in [-0.3, -0.25) is 19.3 Å². The summed E-state index contributed by atoms with van der Waals surface area (Å²) in [6, 6.07) is 7.32. The number of piperazine rings is 1. The first-order chi connectivity index (χ1) is 14.8. The molecular formula is C23H27N3O5. The van der Waals surface area contributed by atoms with Crippen molar-refractivity contribution in [3.63, 3.8) is 0 Å². The standard InChI is InChI=1S/C23H27N3O5/c1-14-21(16(3)27)15(2)24-22(14)17(28)12-25-8-10-26(11-9-25)23(29)20-13-30-18-6-4-5-7-19(18)31-20/h4-7,20,24H,8-13H2,1-3H3/t20-/m1/s1. The SMILES string of the molecule is CC(=O)c1c(C)[nH]c(C(=O)CN2CCN(C(=O)[C@H]3COc4ccccc4O3)CC2)c1C. The lowest BCUT2D eigenvalue weighted by Crippen LogP contribution is -2.54. The monoisotopic (exact) mass is 425 g/mol. The number of carbonyl (C=O) groups is 3. The number of aryl methyl sites for hydroxylation is 1. The normalized spacial score (nSPS) is 18.7.